The van der Waals surface area contributed by atoms with Gasteiger partial charge in [-0.05, 0) is 12.5 Å². The van der Waals surface area contributed by atoms with Crippen LogP contribution in [0.5, 0.6) is 5.75 Å². The molecular weight excluding hydrogens is 152 g/mol. The number of hydrogen-bond acceptors (Lipinski definition) is 2. The number of phenolic OH excluding ortho intramolecular Hbond substituents is 1. The van der Waals surface area contributed by atoms with Crippen LogP contribution in [0.3, 0.4) is 0 Å². The van der Waals surface area contributed by atoms with Gasteiger partial charge in [0.05, 0.1) is 6.61 Å². The van der Waals surface area contributed by atoms with Crippen LogP contribution in [0.1, 0.15) is 18.9 Å². The van der Waals surface area contributed by atoms with Crippen LogP contribution in [0.2, 0.25) is 0 Å². The van der Waals surface area contributed by atoms with E-state index in [0.29, 0.717) is 12.4 Å². The van der Waals surface area contributed by atoms with Gasteiger partial charge in [-0.1, -0.05) is 25.1 Å². The first-order valence-corrected chi connectivity index (χ1v) is 4.19. The van der Waals surface area contributed by atoms with E-state index in [9.17, 15) is 5.11 Å². The Hall–Kier alpha value is -1.02. The molecule has 0 heterocycles. The predicted octanol–water partition coefficient (Wildman–Crippen LogP) is 2.32. The zero-order valence-electron chi connectivity index (χ0n) is 7.29. The van der Waals surface area contributed by atoms with Gasteiger partial charge in [0, 0.05) is 12.2 Å². The van der Waals surface area contributed by atoms with E-state index in [4.69, 9.17) is 4.74 Å². The zero-order valence-corrected chi connectivity index (χ0v) is 7.29. The Kier molecular flexibility index (Phi) is 3.61. The maximum Gasteiger partial charge on any atom is 0.121 e. The molecule has 2 heteroatoms. The standard InChI is InChI=1S/C10H14O2/c1-2-7-12-8-9-5-3-4-6-10(9)11/h3-6,11H,2,7-8H2,1H3. The van der Waals surface area contributed by atoms with Gasteiger partial charge in [-0.2, -0.15) is 0 Å². The lowest BCUT2D eigenvalue weighted by atomic mass is 10.2. The molecule has 1 aromatic carbocycles. The first-order chi connectivity index (χ1) is 5.84. The van der Waals surface area contributed by atoms with Gasteiger partial charge in [-0.25, -0.2) is 0 Å². The van der Waals surface area contributed by atoms with E-state index in [1.165, 1.54) is 0 Å². The molecule has 2 nitrogen and oxygen atoms in total. The monoisotopic (exact) mass is 166 g/mol. The molecule has 1 aromatic rings. The minimum Gasteiger partial charge on any atom is -0.508 e. The SMILES string of the molecule is CCCOCc1ccccc1O. The molecule has 0 radical (unpaired) electrons. The van der Waals surface area contributed by atoms with Crippen molar-refractivity contribution >= 4 is 0 Å². The summed E-state index contributed by atoms with van der Waals surface area (Å²) in [4.78, 5) is 0. The van der Waals surface area contributed by atoms with Crippen LogP contribution in [0.15, 0.2) is 24.3 Å². The van der Waals surface area contributed by atoms with Crippen molar-refractivity contribution in [3.8, 4) is 5.75 Å². The van der Waals surface area contributed by atoms with E-state index >= 15 is 0 Å². The summed E-state index contributed by atoms with van der Waals surface area (Å²) in [5.41, 5.74) is 0.853. The van der Waals surface area contributed by atoms with Crippen LogP contribution in [-0.2, 0) is 11.3 Å². The summed E-state index contributed by atoms with van der Waals surface area (Å²) in [6, 6.07) is 7.23. The molecule has 0 bridgehead atoms. The van der Waals surface area contributed by atoms with Crippen molar-refractivity contribution in [2.45, 2.75) is 20.0 Å². The first-order valence-electron chi connectivity index (χ1n) is 4.19. The quantitative estimate of drug-likeness (QED) is 0.695. The van der Waals surface area contributed by atoms with Gasteiger partial charge in [0.15, 0.2) is 0 Å². The van der Waals surface area contributed by atoms with Gasteiger partial charge < -0.3 is 9.84 Å². The van der Waals surface area contributed by atoms with Crippen LogP contribution in [-0.4, -0.2) is 11.7 Å². The Morgan fingerprint density at radius 1 is 1.33 bits per heavy atom. The van der Waals surface area contributed by atoms with Gasteiger partial charge in [0.1, 0.15) is 5.75 Å². The minimum absolute atomic E-state index is 0.314. The normalized spacial score (nSPS) is 10.1. The van der Waals surface area contributed by atoms with E-state index < -0.39 is 0 Å². The van der Waals surface area contributed by atoms with E-state index in [0.717, 1.165) is 18.6 Å². The lowest BCUT2D eigenvalue weighted by Gasteiger charge is -2.03. The highest BCUT2D eigenvalue weighted by atomic mass is 16.5. The van der Waals surface area contributed by atoms with Crippen LogP contribution in [0.4, 0.5) is 0 Å². The summed E-state index contributed by atoms with van der Waals surface area (Å²) in [5.74, 6) is 0.314. The molecular formula is C10H14O2. The molecule has 66 valence electrons. The summed E-state index contributed by atoms with van der Waals surface area (Å²) in [5, 5.41) is 9.33. The average Bonchev–Trinajstić information content (AvgIpc) is 2.09. The van der Waals surface area contributed by atoms with Crippen molar-refractivity contribution in [2.75, 3.05) is 6.61 Å². The van der Waals surface area contributed by atoms with Crippen molar-refractivity contribution in [3.05, 3.63) is 29.8 Å². The molecule has 0 amide bonds. The second-order valence-corrected chi connectivity index (χ2v) is 2.68. The van der Waals surface area contributed by atoms with Crippen LogP contribution in [0.25, 0.3) is 0 Å². The molecule has 0 atom stereocenters. The highest BCUT2D eigenvalue weighted by Gasteiger charge is 1.97. The Labute approximate surface area is 72.8 Å². The Bertz CT molecular complexity index is 233. The van der Waals surface area contributed by atoms with Gasteiger partial charge >= 0.3 is 0 Å². The predicted molar refractivity (Wildman–Crippen MR) is 48.1 cm³/mol. The highest BCUT2D eigenvalue weighted by Crippen LogP contribution is 2.16. The lowest BCUT2D eigenvalue weighted by Crippen LogP contribution is -1.93. The molecule has 1 rings (SSSR count). The number of rotatable bonds is 4. The van der Waals surface area contributed by atoms with Gasteiger partial charge in [-0.3, -0.25) is 0 Å². The van der Waals surface area contributed by atoms with Crippen molar-refractivity contribution in [1.82, 2.24) is 0 Å². The first kappa shape index (κ1) is 9.07. The third kappa shape index (κ3) is 2.55. The van der Waals surface area contributed by atoms with Crippen LogP contribution < -0.4 is 0 Å². The highest BCUT2D eigenvalue weighted by molar-refractivity contribution is 5.30. The van der Waals surface area contributed by atoms with Crippen molar-refractivity contribution in [1.29, 1.82) is 0 Å². The fourth-order valence-corrected chi connectivity index (χ4v) is 0.959. The van der Waals surface area contributed by atoms with E-state index in [2.05, 4.69) is 6.92 Å². The maximum absolute atomic E-state index is 9.33. The summed E-state index contributed by atoms with van der Waals surface area (Å²) < 4.78 is 5.29. The second kappa shape index (κ2) is 4.78. The average molecular weight is 166 g/mol. The number of ether oxygens (including phenoxy) is 1. The van der Waals surface area contributed by atoms with Crippen molar-refractivity contribution in [3.63, 3.8) is 0 Å². The van der Waals surface area contributed by atoms with E-state index in [-0.39, 0.29) is 0 Å². The third-order valence-corrected chi connectivity index (χ3v) is 1.60. The largest absolute Gasteiger partial charge is 0.508 e. The lowest BCUT2D eigenvalue weighted by molar-refractivity contribution is 0.119. The van der Waals surface area contributed by atoms with Gasteiger partial charge in [0.2, 0.25) is 0 Å². The fourth-order valence-electron chi connectivity index (χ4n) is 0.959. The topological polar surface area (TPSA) is 29.5 Å². The van der Waals surface area contributed by atoms with Gasteiger partial charge in [0.25, 0.3) is 0 Å². The van der Waals surface area contributed by atoms with Crippen LogP contribution in [0, 0.1) is 0 Å². The van der Waals surface area contributed by atoms with Crippen molar-refractivity contribution in [2.24, 2.45) is 0 Å². The number of para-hydroxylation sites is 1. The zero-order chi connectivity index (χ0) is 8.81. The fraction of sp³-hybridized carbons (Fsp3) is 0.400. The molecule has 0 fully saturated rings. The number of phenols is 1. The molecule has 0 aliphatic rings. The van der Waals surface area contributed by atoms with E-state index in [1.807, 2.05) is 12.1 Å². The second-order valence-electron chi connectivity index (χ2n) is 2.68. The molecule has 0 saturated carbocycles. The van der Waals surface area contributed by atoms with Gasteiger partial charge in [-0.15, -0.1) is 0 Å². The molecule has 1 N–H and O–H groups in total. The molecule has 0 aromatic heterocycles. The number of benzene rings is 1. The summed E-state index contributed by atoms with van der Waals surface area (Å²) in [6.45, 7) is 3.31. The Balaban J connectivity index is 2.46. The van der Waals surface area contributed by atoms with E-state index in [1.54, 1.807) is 12.1 Å². The molecule has 0 aliphatic heterocycles. The smallest absolute Gasteiger partial charge is 0.121 e. The van der Waals surface area contributed by atoms with Crippen molar-refractivity contribution < 1.29 is 9.84 Å². The molecule has 0 saturated heterocycles. The molecule has 0 spiro atoms. The Morgan fingerprint density at radius 3 is 2.75 bits per heavy atom. The summed E-state index contributed by atoms with van der Waals surface area (Å²) in [6.07, 6.45) is 1.01. The maximum atomic E-state index is 9.33. The summed E-state index contributed by atoms with van der Waals surface area (Å²) >= 11 is 0. The molecule has 12 heavy (non-hydrogen) atoms. The third-order valence-electron chi connectivity index (χ3n) is 1.60. The number of aromatic hydroxyl groups is 1. The summed E-state index contributed by atoms with van der Waals surface area (Å²) in [7, 11) is 0. The molecule has 0 unspecified atom stereocenters. The molecule has 0 aliphatic carbocycles. The minimum atomic E-state index is 0.314. The van der Waals surface area contributed by atoms with Crippen LogP contribution >= 0.6 is 0 Å². The Morgan fingerprint density at radius 2 is 2.08 bits per heavy atom. The number of hydrogen-bond donors (Lipinski definition) is 1.